The lowest BCUT2D eigenvalue weighted by Crippen LogP contribution is -2.27. The van der Waals surface area contributed by atoms with Crippen molar-refractivity contribution in [3.63, 3.8) is 0 Å². The Morgan fingerprint density at radius 2 is 1.93 bits per heavy atom. The van der Waals surface area contributed by atoms with Crippen molar-refractivity contribution in [3.05, 3.63) is 81.3 Å². The molecule has 30 heavy (non-hydrogen) atoms. The van der Waals surface area contributed by atoms with Crippen molar-refractivity contribution < 1.29 is 14.1 Å². The molecule has 0 fully saturated rings. The first kappa shape index (κ1) is 19.6. The molecule has 0 saturated carbocycles. The highest BCUT2D eigenvalue weighted by Gasteiger charge is 2.28. The number of benzene rings is 1. The summed E-state index contributed by atoms with van der Waals surface area (Å²) in [6.45, 7) is 2.66. The zero-order valence-electron chi connectivity index (χ0n) is 16.2. The van der Waals surface area contributed by atoms with Crippen molar-refractivity contribution in [2.24, 2.45) is 0 Å². The van der Waals surface area contributed by atoms with Gasteiger partial charge in [0.2, 0.25) is 5.91 Å². The molecule has 2 aromatic heterocycles. The van der Waals surface area contributed by atoms with E-state index >= 15 is 0 Å². The molecule has 0 atom stereocenters. The SMILES string of the molecule is CCc1ncc2c(n1)CN(C(=O)Cc1nc(-c3ccc(F)cc3)ccc1[N+](=O)[O-])C2. The Labute approximate surface area is 171 Å². The smallest absolute Gasteiger partial charge is 0.291 e. The van der Waals surface area contributed by atoms with Crippen LogP contribution in [0.5, 0.6) is 0 Å². The summed E-state index contributed by atoms with van der Waals surface area (Å²) in [5.41, 5.74) is 2.57. The van der Waals surface area contributed by atoms with Gasteiger partial charge in [0.15, 0.2) is 0 Å². The van der Waals surface area contributed by atoms with Crippen LogP contribution >= 0.6 is 0 Å². The van der Waals surface area contributed by atoms with Gasteiger partial charge < -0.3 is 4.90 Å². The van der Waals surface area contributed by atoms with Crippen molar-refractivity contribution >= 4 is 11.6 Å². The predicted molar refractivity (Wildman–Crippen MR) is 106 cm³/mol. The molecule has 8 nitrogen and oxygen atoms in total. The Morgan fingerprint density at radius 1 is 1.17 bits per heavy atom. The van der Waals surface area contributed by atoms with Gasteiger partial charge in [-0.3, -0.25) is 14.9 Å². The Hall–Kier alpha value is -3.75. The highest BCUT2D eigenvalue weighted by atomic mass is 19.1. The van der Waals surface area contributed by atoms with Crippen LogP contribution in [-0.2, 0) is 30.7 Å². The molecule has 1 aliphatic rings. The summed E-state index contributed by atoms with van der Waals surface area (Å²) in [5, 5.41) is 11.4. The summed E-state index contributed by atoms with van der Waals surface area (Å²) >= 11 is 0. The lowest BCUT2D eigenvalue weighted by molar-refractivity contribution is -0.385. The van der Waals surface area contributed by atoms with Gasteiger partial charge in [0.25, 0.3) is 5.69 Å². The van der Waals surface area contributed by atoms with E-state index < -0.39 is 4.92 Å². The van der Waals surface area contributed by atoms with Crippen LogP contribution in [0.3, 0.4) is 0 Å². The molecule has 0 aliphatic carbocycles. The molecule has 9 heteroatoms. The van der Waals surface area contributed by atoms with E-state index in [0.29, 0.717) is 36.6 Å². The van der Waals surface area contributed by atoms with E-state index in [9.17, 15) is 19.3 Å². The summed E-state index contributed by atoms with van der Waals surface area (Å²) in [7, 11) is 0. The first-order chi connectivity index (χ1) is 14.4. The number of amides is 1. The maximum absolute atomic E-state index is 13.2. The van der Waals surface area contributed by atoms with Crippen LogP contribution in [0.4, 0.5) is 10.1 Å². The molecule has 3 aromatic rings. The number of fused-ring (bicyclic) bond motifs is 1. The van der Waals surface area contributed by atoms with E-state index in [1.165, 1.54) is 36.4 Å². The molecule has 0 bridgehead atoms. The van der Waals surface area contributed by atoms with E-state index in [0.717, 1.165) is 11.3 Å². The number of hydrogen-bond donors (Lipinski definition) is 0. The minimum atomic E-state index is -0.554. The number of halogens is 1. The van der Waals surface area contributed by atoms with Crippen LogP contribution in [0.25, 0.3) is 11.3 Å². The monoisotopic (exact) mass is 407 g/mol. The zero-order chi connectivity index (χ0) is 21.3. The molecule has 3 heterocycles. The van der Waals surface area contributed by atoms with Crippen molar-refractivity contribution in [1.29, 1.82) is 0 Å². The van der Waals surface area contributed by atoms with Crippen molar-refractivity contribution in [1.82, 2.24) is 19.9 Å². The molecule has 0 radical (unpaired) electrons. The third-order valence-electron chi connectivity index (χ3n) is 4.98. The minimum Gasteiger partial charge on any atom is -0.332 e. The normalized spacial score (nSPS) is 12.7. The average Bonchev–Trinajstić information content (AvgIpc) is 3.17. The number of aromatic nitrogens is 3. The molecule has 1 amide bonds. The highest BCUT2D eigenvalue weighted by Crippen LogP contribution is 2.26. The average molecular weight is 407 g/mol. The first-order valence-corrected chi connectivity index (χ1v) is 9.46. The summed E-state index contributed by atoms with van der Waals surface area (Å²) in [6.07, 6.45) is 2.21. The largest absolute Gasteiger partial charge is 0.332 e. The first-order valence-electron chi connectivity index (χ1n) is 9.46. The van der Waals surface area contributed by atoms with E-state index in [4.69, 9.17) is 0 Å². The number of carbonyl (C=O) groups is 1. The Morgan fingerprint density at radius 3 is 2.63 bits per heavy atom. The van der Waals surface area contributed by atoms with E-state index in [1.807, 2.05) is 6.92 Å². The van der Waals surface area contributed by atoms with Gasteiger partial charge in [-0.05, 0) is 30.3 Å². The molecule has 4 rings (SSSR count). The fourth-order valence-corrected chi connectivity index (χ4v) is 3.37. The fourth-order valence-electron chi connectivity index (χ4n) is 3.37. The summed E-state index contributed by atoms with van der Waals surface area (Å²) in [6, 6.07) is 8.47. The van der Waals surface area contributed by atoms with Crippen LogP contribution in [0.1, 0.15) is 29.7 Å². The number of carbonyl (C=O) groups excluding carboxylic acids is 1. The summed E-state index contributed by atoms with van der Waals surface area (Å²) in [5.74, 6) is 0.0456. The van der Waals surface area contributed by atoms with Crippen molar-refractivity contribution in [3.8, 4) is 11.3 Å². The Balaban J connectivity index is 1.58. The van der Waals surface area contributed by atoms with Gasteiger partial charge in [-0.25, -0.2) is 19.3 Å². The molecule has 0 spiro atoms. The van der Waals surface area contributed by atoms with Crippen LogP contribution in [0, 0.1) is 15.9 Å². The van der Waals surface area contributed by atoms with Gasteiger partial charge in [0, 0.05) is 36.4 Å². The third kappa shape index (κ3) is 3.86. The number of rotatable bonds is 5. The molecular weight excluding hydrogens is 389 g/mol. The maximum Gasteiger partial charge on any atom is 0.291 e. The Kier molecular flexibility index (Phi) is 5.18. The van der Waals surface area contributed by atoms with Gasteiger partial charge in [0.05, 0.1) is 29.3 Å². The molecular formula is C21H18FN5O3. The van der Waals surface area contributed by atoms with Gasteiger partial charge >= 0.3 is 0 Å². The summed E-state index contributed by atoms with van der Waals surface area (Å²) < 4.78 is 13.2. The van der Waals surface area contributed by atoms with E-state index in [-0.39, 0.29) is 29.5 Å². The molecule has 0 N–H and O–H groups in total. The van der Waals surface area contributed by atoms with E-state index in [2.05, 4.69) is 15.0 Å². The van der Waals surface area contributed by atoms with Gasteiger partial charge in [-0.1, -0.05) is 6.92 Å². The third-order valence-corrected chi connectivity index (χ3v) is 4.98. The second-order valence-corrected chi connectivity index (χ2v) is 6.96. The van der Waals surface area contributed by atoms with Gasteiger partial charge in [-0.15, -0.1) is 0 Å². The number of aryl methyl sites for hydroxylation is 1. The minimum absolute atomic E-state index is 0.0723. The molecule has 0 unspecified atom stereocenters. The predicted octanol–water partition coefficient (Wildman–Crippen LogP) is 3.23. The second-order valence-electron chi connectivity index (χ2n) is 6.96. The number of hydrogen-bond acceptors (Lipinski definition) is 6. The number of nitrogens with zero attached hydrogens (tertiary/aromatic N) is 5. The second kappa shape index (κ2) is 7.94. The zero-order valence-corrected chi connectivity index (χ0v) is 16.2. The molecule has 152 valence electrons. The lowest BCUT2D eigenvalue weighted by Gasteiger charge is -2.15. The number of nitro groups is 1. The topological polar surface area (TPSA) is 102 Å². The Bertz CT molecular complexity index is 1130. The highest BCUT2D eigenvalue weighted by molar-refractivity contribution is 5.80. The van der Waals surface area contributed by atoms with Crippen molar-refractivity contribution in [2.45, 2.75) is 32.9 Å². The van der Waals surface area contributed by atoms with Crippen LogP contribution < -0.4 is 0 Å². The van der Waals surface area contributed by atoms with Crippen molar-refractivity contribution in [2.75, 3.05) is 0 Å². The van der Waals surface area contributed by atoms with Gasteiger partial charge in [-0.2, -0.15) is 0 Å². The van der Waals surface area contributed by atoms with E-state index in [1.54, 1.807) is 11.1 Å². The van der Waals surface area contributed by atoms with Crippen LogP contribution in [0.15, 0.2) is 42.6 Å². The molecule has 0 saturated heterocycles. The van der Waals surface area contributed by atoms with Crippen LogP contribution in [-0.4, -0.2) is 30.7 Å². The van der Waals surface area contributed by atoms with Crippen LogP contribution in [0.2, 0.25) is 0 Å². The summed E-state index contributed by atoms with van der Waals surface area (Å²) in [4.78, 5) is 38.4. The quantitative estimate of drug-likeness (QED) is 0.475. The maximum atomic E-state index is 13.2. The lowest BCUT2D eigenvalue weighted by atomic mass is 10.1. The molecule has 1 aromatic carbocycles. The van der Waals surface area contributed by atoms with Gasteiger partial charge in [0.1, 0.15) is 17.3 Å². The molecule has 1 aliphatic heterocycles. The number of pyridine rings is 1. The standard InChI is InChI=1S/C21H18FN5O3/c1-2-20-23-10-14-11-26(12-18(14)25-20)21(28)9-17-19(27(29)30)8-7-16(24-17)13-3-5-15(22)6-4-13/h3-8,10H,2,9,11-12H2,1H3. The fraction of sp³-hybridized carbons (Fsp3) is 0.238.